The lowest BCUT2D eigenvalue weighted by Gasteiger charge is -2.07. The summed E-state index contributed by atoms with van der Waals surface area (Å²) in [5.41, 5.74) is 6.91. The van der Waals surface area contributed by atoms with E-state index in [1.807, 2.05) is 78.2 Å². The number of thiazole rings is 1. The fraction of sp³-hybridized carbons (Fsp3) is 0. The van der Waals surface area contributed by atoms with Crippen LogP contribution in [0.3, 0.4) is 0 Å². The van der Waals surface area contributed by atoms with Gasteiger partial charge in [-0.2, -0.15) is 5.10 Å². The molecule has 1 N–H and O–H groups in total. The molecule has 32 heavy (non-hydrogen) atoms. The summed E-state index contributed by atoms with van der Waals surface area (Å²) in [4.78, 5) is 17.1. The zero-order valence-corrected chi connectivity index (χ0v) is 19.1. The maximum absolute atomic E-state index is 12.5. The van der Waals surface area contributed by atoms with Gasteiger partial charge in [0.25, 0.3) is 0 Å². The van der Waals surface area contributed by atoms with Crippen molar-refractivity contribution in [1.82, 2.24) is 4.98 Å². The van der Waals surface area contributed by atoms with E-state index in [2.05, 4.69) is 31.4 Å². The van der Waals surface area contributed by atoms with E-state index in [1.165, 1.54) is 11.3 Å². The van der Waals surface area contributed by atoms with E-state index in [0.717, 1.165) is 26.7 Å². The third-order valence-corrected chi connectivity index (χ3v) is 6.07. The van der Waals surface area contributed by atoms with Crippen molar-refractivity contribution in [1.29, 1.82) is 0 Å². The molecular weight excluding hydrogens is 486 g/mol. The molecule has 0 radical (unpaired) electrons. The second-order valence-electron chi connectivity index (χ2n) is 6.97. The van der Waals surface area contributed by atoms with Gasteiger partial charge in [0.1, 0.15) is 5.58 Å². The number of nitrogens with zero attached hydrogens (tertiary/aromatic N) is 2. The minimum atomic E-state index is -0.422. The molecule has 0 spiro atoms. The van der Waals surface area contributed by atoms with E-state index < -0.39 is 5.63 Å². The van der Waals surface area contributed by atoms with E-state index in [9.17, 15) is 4.79 Å². The number of rotatable bonds is 5. The third kappa shape index (κ3) is 4.26. The van der Waals surface area contributed by atoms with Crippen molar-refractivity contribution < 1.29 is 4.42 Å². The van der Waals surface area contributed by atoms with Gasteiger partial charge in [-0.1, -0.05) is 76.6 Å². The molecule has 5 nitrogen and oxygen atoms in total. The number of nitrogens with one attached hydrogen (secondary N) is 1. The van der Waals surface area contributed by atoms with Crippen LogP contribution in [-0.2, 0) is 0 Å². The number of benzene rings is 3. The fourth-order valence-corrected chi connectivity index (χ4v) is 4.34. The summed E-state index contributed by atoms with van der Waals surface area (Å²) in [5.74, 6) is 0. The van der Waals surface area contributed by atoms with Crippen LogP contribution in [0, 0.1) is 0 Å². The van der Waals surface area contributed by atoms with Crippen molar-refractivity contribution in [2.24, 2.45) is 5.10 Å². The summed E-state index contributed by atoms with van der Waals surface area (Å²) in [6.45, 7) is 0. The van der Waals surface area contributed by atoms with Crippen LogP contribution in [0.15, 0.2) is 109 Å². The van der Waals surface area contributed by atoms with Crippen LogP contribution in [0.4, 0.5) is 5.13 Å². The normalized spacial score (nSPS) is 10.8. The van der Waals surface area contributed by atoms with Gasteiger partial charge in [-0.25, -0.2) is 9.78 Å². The van der Waals surface area contributed by atoms with Crippen molar-refractivity contribution in [2.75, 3.05) is 5.43 Å². The average molecular weight is 502 g/mol. The summed E-state index contributed by atoms with van der Waals surface area (Å²) in [6, 6.07) is 27.2. The lowest BCUT2D eigenvalue weighted by molar-refractivity contribution is 0.563. The van der Waals surface area contributed by atoms with Gasteiger partial charge in [0.15, 0.2) is 0 Å². The van der Waals surface area contributed by atoms with E-state index in [1.54, 1.807) is 12.1 Å². The van der Waals surface area contributed by atoms with Crippen molar-refractivity contribution in [3.05, 3.63) is 116 Å². The number of fused-ring (bicyclic) bond motifs is 1. The lowest BCUT2D eigenvalue weighted by Crippen LogP contribution is -2.06. The molecule has 0 saturated heterocycles. The smallest absolute Gasteiger partial charge is 0.345 e. The predicted octanol–water partition coefficient (Wildman–Crippen LogP) is 6.54. The highest BCUT2D eigenvalue weighted by Gasteiger charge is 2.13. The topological polar surface area (TPSA) is 67.5 Å². The van der Waals surface area contributed by atoms with Gasteiger partial charge in [0.05, 0.1) is 17.0 Å². The van der Waals surface area contributed by atoms with Gasteiger partial charge < -0.3 is 4.42 Å². The Morgan fingerprint density at radius 3 is 2.31 bits per heavy atom. The molecule has 3 aromatic carbocycles. The predicted molar refractivity (Wildman–Crippen MR) is 133 cm³/mol. The Bertz CT molecular complexity index is 1440. The Morgan fingerprint density at radius 2 is 1.62 bits per heavy atom. The Morgan fingerprint density at radius 1 is 0.938 bits per heavy atom. The Kier molecular flexibility index (Phi) is 5.66. The molecule has 0 aliphatic carbocycles. The number of hydrogen-bond donors (Lipinski definition) is 1. The number of hydrazone groups is 1. The van der Waals surface area contributed by atoms with Gasteiger partial charge in [0.2, 0.25) is 5.13 Å². The van der Waals surface area contributed by atoms with E-state index in [-0.39, 0.29) is 0 Å². The molecule has 0 aliphatic heterocycles. The Hall–Kier alpha value is -3.55. The number of anilines is 1. The fourth-order valence-electron chi connectivity index (χ4n) is 3.31. The van der Waals surface area contributed by atoms with Crippen LogP contribution in [0.1, 0.15) is 11.1 Å². The number of halogens is 1. The van der Waals surface area contributed by atoms with Crippen LogP contribution in [0.2, 0.25) is 0 Å². The highest BCUT2D eigenvalue weighted by molar-refractivity contribution is 9.10. The van der Waals surface area contributed by atoms with Crippen LogP contribution < -0.4 is 11.1 Å². The molecule has 7 heteroatoms. The highest BCUT2D eigenvalue weighted by atomic mass is 79.9. The molecule has 2 heterocycles. The van der Waals surface area contributed by atoms with Gasteiger partial charge in [-0.15, -0.1) is 11.3 Å². The molecule has 0 fully saturated rings. The molecule has 0 saturated carbocycles. The van der Waals surface area contributed by atoms with E-state index in [0.29, 0.717) is 22.0 Å². The maximum Gasteiger partial charge on any atom is 0.345 e. The van der Waals surface area contributed by atoms with Gasteiger partial charge in [0, 0.05) is 26.4 Å². The standard InChI is InChI=1S/C25H16BrN3O2S/c26-19-11-12-22-18(13-19)14-20(24(30)31-22)21-15-32-25(27-21)29-28-23(16-7-3-1-4-8-16)17-9-5-2-6-10-17/h1-15H,(H,27,29). The van der Waals surface area contributed by atoms with Crippen molar-refractivity contribution in [3.8, 4) is 11.3 Å². The monoisotopic (exact) mass is 501 g/mol. The van der Waals surface area contributed by atoms with Gasteiger partial charge >= 0.3 is 5.63 Å². The van der Waals surface area contributed by atoms with Crippen molar-refractivity contribution >= 4 is 49.1 Å². The summed E-state index contributed by atoms with van der Waals surface area (Å²) >= 11 is 4.83. The summed E-state index contributed by atoms with van der Waals surface area (Å²) in [5, 5.41) is 7.86. The zero-order valence-electron chi connectivity index (χ0n) is 16.7. The van der Waals surface area contributed by atoms with Crippen LogP contribution in [0.5, 0.6) is 0 Å². The molecule has 0 bridgehead atoms. The van der Waals surface area contributed by atoms with E-state index in [4.69, 9.17) is 4.42 Å². The summed E-state index contributed by atoms with van der Waals surface area (Å²) in [6.07, 6.45) is 0. The molecule has 0 aliphatic rings. The van der Waals surface area contributed by atoms with Crippen LogP contribution in [0.25, 0.3) is 22.2 Å². The molecule has 5 aromatic rings. The molecule has 5 rings (SSSR count). The van der Waals surface area contributed by atoms with Gasteiger partial charge in [-0.3, -0.25) is 5.43 Å². The first-order valence-corrected chi connectivity index (χ1v) is 11.5. The summed E-state index contributed by atoms with van der Waals surface area (Å²) < 4.78 is 6.38. The molecule has 2 aromatic heterocycles. The summed E-state index contributed by atoms with van der Waals surface area (Å²) in [7, 11) is 0. The molecule has 0 unspecified atom stereocenters. The van der Waals surface area contributed by atoms with Crippen LogP contribution >= 0.6 is 27.3 Å². The molecule has 0 atom stereocenters. The minimum Gasteiger partial charge on any atom is -0.422 e. The second-order valence-corrected chi connectivity index (χ2v) is 8.75. The minimum absolute atomic E-state index is 0.412. The van der Waals surface area contributed by atoms with Crippen molar-refractivity contribution in [2.45, 2.75) is 0 Å². The van der Waals surface area contributed by atoms with Crippen molar-refractivity contribution in [3.63, 3.8) is 0 Å². The molecule has 156 valence electrons. The lowest BCUT2D eigenvalue weighted by atomic mass is 10.0. The number of aromatic nitrogens is 1. The Balaban J connectivity index is 1.48. The first-order chi connectivity index (χ1) is 15.7. The molecule has 0 amide bonds. The number of hydrogen-bond acceptors (Lipinski definition) is 6. The Labute approximate surface area is 196 Å². The van der Waals surface area contributed by atoms with Gasteiger partial charge in [-0.05, 0) is 24.3 Å². The molecular formula is C25H16BrN3O2S. The zero-order chi connectivity index (χ0) is 21.9. The maximum atomic E-state index is 12.5. The SMILES string of the molecule is O=c1oc2ccc(Br)cc2cc1-c1csc(NN=C(c2ccccc2)c2ccccc2)n1. The van der Waals surface area contributed by atoms with E-state index >= 15 is 0 Å². The van der Waals surface area contributed by atoms with Crippen LogP contribution in [-0.4, -0.2) is 10.7 Å². The second kappa shape index (κ2) is 8.90. The largest absolute Gasteiger partial charge is 0.422 e. The highest BCUT2D eigenvalue weighted by Crippen LogP contribution is 2.27. The first kappa shape index (κ1) is 20.4. The quantitative estimate of drug-likeness (QED) is 0.168. The first-order valence-electron chi connectivity index (χ1n) is 9.81. The third-order valence-electron chi connectivity index (χ3n) is 4.83. The average Bonchev–Trinajstić information content (AvgIpc) is 3.29.